The summed E-state index contributed by atoms with van der Waals surface area (Å²) in [5.41, 5.74) is 0. The van der Waals surface area contributed by atoms with Crippen LogP contribution >= 0.6 is 11.6 Å². The van der Waals surface area contributed by atoms with E-state index in [0.717, 1.165) is 24.7 Å². The van der Waals surface area contributed by atoms with Crippen LogP contribution in [0.15, 0.2) is 0 Å². The van der Waals surface area contributed by atoms with Crippen molar-refractivity contribution in [2.45, 2.75) is 46.0 Å². The lowest BCUT2D eigenvalue weighted by atomic mass is 9.79. The lowest BCUT2D eigenvalue weighted by molar-refractivity contribution is -0.116. The summed E-state index contributed by atoms with van der Waals surface area (Å²) in [6, 6.07) is 0. The molecular formula is C11H19ClO. The van der Waals surface area contributed by atoms with Crippen LogP contribution in [0.5, 0.6) is 0 Å². The minimum atomic E-state index is -0.122. The molecule has 1 aliphatic carbocycles. The van der Waals surface area contributed by atoms with Crippen LogP contribution in [0.4, 0.5) is 0 Å². The molecular weight excluding hydrogens is 184 g/mol. The molecule has 0 unspecified atom stereocenters. The first-order valence-corrected chi connectivity index (χ1v) is 5.66. The summed E-state index contributed by atoms with van der Waals surface area (Å²) in [7, 11) is 0. The van der Waals surface area contributed by atoms with Gasteiger partial charge in [0.05, 0.1) is 0 Å². The van der Waals surface area contributed by atoms with Gasteiger partial charge < -0.3 is 0 Å². The molecule has 1 saturated carbocycles. The van der Waals surface area contributed by atoms with Gasteiger partial charge in [0, 0.05) is 5.92 Å². The van der Waals surface area contributed by atoms with E-state index in [-0.39, 0.29) is 11.2 Å². The second-order valence-corrected chi connectivity index (χ2v) is 5.02. The predicted octanol–water partition coefficient (Wildman–Crippen LogP) is 3.60. The smallest absolute Gasteiger partial charge is 0.224 e. The van der Waals surface area contributed by atoms with E-state index in [0.29, 0.717) is 0 Å². The zero-order valence-electron chi connectivity index (χ0n) is 8.55. The summed E-state index contributed by atoms with van der Waals surface area (Å²) < 4.78 is 0. The van der Waals surface area contributed by atoms with Gasteiger partial charge in [0.1, 0.15) is 0 Å². The molecule has 0 atom stereocenters. The first-order valence-electron chi connectivity index (χ1n) is 5.29. The zero-order valence-corrected chi connectivity index (χ0v) is 9.31. The molecule has 0 N–H and O–H groups in total. The minimum absolute atomic E-state index is 0.122. The first kappa shape index (κ1) is 11.0. The van der Waals surface area contributed by atoms with Crippen LogP contribution in [-0.4, -0.2) is 5.24 Å². The molecule has 13 heavy (non-hydrogen) atoms. The molecule has 2 heteroatoms. The van der Waals surface area contributed by atoms with Gasteiger partial charge in [-0.05, 0) is 55.5 Å². The minimum Gasteiger partial charge on any atom is -0.281 e. The second kappa shape index (κ2) is 4.99. The fraction of sp³-hybridized carbons (Fsp3) is 0.909. The van der Waals surface area contributed by atoms with E-state index in [4.69, 9.17) is 11.6 Å². The second-order valence-electron chi connectivity index (χ2n) is 4.65. The average Bonchev–Trinajstić information content (AvgIpc) is 2.04. The number of rotatable bonds is 3. The van der Waals surface area contributed by atoms with Gasteiger partial charge in [-0.2, -0.15) is 0 Å². The average molecular weight is 203 g/mol. The monoisotopic (exact) mass is 202 g/mol. The number of halogens is 1. The third-order valence-electron chi connectivity index (χ3n) is 2.97. The van der Waals surface area contributed by atoms with Gasteiger partial charge in [0.2, 0.25) is 5.24 Å². The highest BCUT2D eigenvalue weighted by Crippen LogP contribution is 2.33. The van der Waals surface area contributed by atoms with Crippen molar-refractivity contribution < 1.29 is 4.79 Å². The van der Waals surface area contributed by atoms with Gasteiger partial charge in [0.15, 0.2) is 0 Å². The van der Waals surface area contributed by atoms with E-state index in [1.54, 1.807) is 0 Å². The Bertz CT molecular complexity index is 169. The Kier molecular flexibility index (Phi) is 4.24. The summed E-state index contributed by atoms with van der Waals surface area (Å²) >= 11 is 5.47. The summed E-state index contributed by atoms with van der Waals surface area (Å²) in [5.74, 6) is 1.78. The lowest BCUT2D eigenvalue weighted by Crippen LogP contribution is -2.19. The Morgan fingerprint density at radius 3 is 2.23 bits per heavy atom. The molecule has 0 amide bonds. The van der Waals surface area contributed by atoms with E-state index in [2.05, 4.69) is 13.8 Å². The Morgan fingerprint density at radius 1 is 1.31 bits per heavy atom. The highest BCUT2D eigenvalue weighted by atomic mass is 35.5. The molecule has 1 aliphatic rings. The Labute approximate surface area is 85.8 Å². The maximum absolute atomic E-state index is 10.9. The summed E-state index contributed by atoms with van der Waals surface area (Å²) in [6.45, 7) is 4.53. The summed E-state index contributed by atoms with van der Waals surface area (Å²) in [5, 5.41) is -0.122. The zero-order chi connectivity index (χ0) is 9.84. The molecule has 0 heterocycles. The normalized spacial score (nSPS) is 29.2. The standard InChI is InChI=1S/C11H19ClO/c1-8(2)7-9-3-5-10(6-4-9)11(12)13/h8-10H,3-7H2,1-2H3. The van der Waals surface area contributed by atoms with E-state index in [1.165, 1.54) is 19.3 Å². The Balaban J connectivity index is 2.26. The number of carbonyl (C=O) groups is 1. The number of hydrogen-bond acceptors (Lipinski definition) is 1. The molecule has 0 radical (unpaired) electrons. The van der Waals surface area contributed by atoms with Crippen molar-refractivity contribution in [1.82, 2.24) is 0 Å². The van der Waals surface area contributed by atoms with Gasteiger partial charge >= 0.3 is 0 Å². The maximum Gasteiger partial charge on any atom is 0.224 e. The van der Waals surface area contributed by atoms with E-state index < -0.39 is 0 Å². The molecule has 0 bridgehead atoms. The van der Waals surface area contributed by atoms with Gasteiger partial charge in [0.25, 0.3) is 0 Å². The molecule has 0 aliphatic heterocycles. The predicted molar refractivity (Wildman–Crippen MR) is 55.8 cm³/mol. The molecule has 0 aromatic heterocycles. The van der Waals surface area contributed by atoms with Crippen LogP contribution in [0.3, 0.4) is 0 Å². The third-order valence-corrected chi connectivity index (χ3v) is 3.28. The van der Waals surface area contributed by atoms with Gasteiger partial charge in [-0.3, -0.25) is 4.79 Å². The summed E-state index contributed by atoms with van der Waals surface area (Å²) in [4.78, 5) is 10.9. The molecule has 1 nitrogen and oxygen atoms in total. The molecule has 76 valence electrons. The Hall–Kier alpha value is -0.0400. The largest absolute Gasteiger partial charge is 0.281 e. The van der Waals surface area contributed by atoms with Crippen molar-refractivity contribution in [3.63, 3.8) is 0 Å². The highest BCUT2D eigenvalue weighted by Gasteiger charge is 2.25. The fourth-order valence-electron chi connectivity index (χ4n) is 2.29. The van der Waals surface area contributed by atoms with Gasteiger partial charge in [-0.25, -0.2) is 0 Å². The third kappa shape index (κ3) is 3.68. The van der Waals surface area contributed by atoms with Gasteiger partial charge in [-0.15, -0.1) is 0 Å². The quantitative estimate of drug-likeness (QED) is 0.640. The Morgan fingerprint density at radius 2 is 1.85 bits per heavy atom. The highest BCUT2D eigenvalue weighted by molar-refractivity contribution is 6.63. The SMILES string of the molecule is CC(C)CC1CCC(C(=O)Cl)CC1. The summed E-state index contributed by atoms with van der Waals surface area (Å²) in [6.07, 6.45) is 5.73. The molecule has 1 rings (SSSR count). The molecule has 0 saturated heterocycles. The first-order chi connectivity index (χ1) is 6.09. The van der Waals surface area contributed by atoms with E-state index in [9.17, 15) is 4.79 Å². The van der Waals surface area contributed by atoms with Crippen LogP contribution < -0.4 is 0 Å². The van der Waals surface area contributed by atoms with Crippen molar-refractivity contribution in [3.8, 4) is 0 Å². The van der Waals surface area contributed by atoms with Crippen LogP contribution in [0, 0.1) is 17.8 Å². The van der Waals surface area contributed by atoms with E-state index >= 15 is 0 Å². The number of hydrogen-bond donors (Lipinski definition) is 0. The molecule has 1 fully saturated rings. The fourth-order valence-corrected chi connectivity index (χ4v) is 2.51. The molecule has 0 aromatic rings. The van der Waals surface area contributed by atoms with Crippen molar-refractivity contribution in [1.29, 1.82) is 0 Å². The lowest BCUT2D eigenvalue weighted by Gasteiger charge is -2.27. The van der Waals surface area contributed by atoms with Gasteiger partial charge in [-0.1, -0.05) is 13.8 Å². The van der Waals surface area contributed by atoms with Crippen molar-refractivity contribution in [2.24, 2.45) is 17.8 Å². The van der Waals surface area contributed by atoms with Crippen LogP contribution in [-0.2, 0) is 4.79 Å². The van der Waals surface area contributed by atoms with Crippen molar-refractivity contribution in [3.05, 3.63) is 0 Å². The van der Waals surface area contributed by atoms with Crippen LogP contribution in [0.2, 0.25) is 0 Å². The van der Waals surface area contributed by atoms with Crippen molar-refractivity contribution in [2.75, 3.05) is 0 Å². The maximum atomic E-state index is 10.9. The van der Waals surface area contributed by atoms with Crippen molar-refractivity contribution >= 4 is 16.8 Å². The molecule has 0 aromatic carbocycles. The van der Waals surface area contributed by atoms with Crippen LogP contribution in [0.1, 0.15) is 46.0 Å². The van der Waals surface area contributed by atoms with E-state index in [1.807, 2.05) is 0 Å². The topological polar surface area (TPSA) is 17.1 Å². The number of carbonyl (C=O) groups excluding carboxylic acids is 1. The molecule has 0 spiro atoms. The van der Waals surface area contributed by atoms with Crippen LogP contribution in [0.25, 0.3) is 0 Å².